The highest BCUT2D eigenvalue weighted by molar-refractivity contribution is 7.89. The second-order valence-electron chi connectivity index (χ2n) is 4.91. The molecule has 0 unspecified atom stereocenters. The number of benzene rings is 1. The number of sulfonamides is 1. The molecule has 1 aromatic carbocycles. The molecule has 0 fully saturated rings. The van der Waals surface area contributed by atoms with Crippen molar-refractivity contribution < 1.29 is 17.2 Å². The van der Waals surface area contributed by atoms with Crippen LogP contribution in [0.2, 0.25) is 0 Å². The Hall–Kier alpha value is -1.86. The van der Waals surface area contributed by atoms with Gasteiger partial charge in [0.1, 0.15) is 16.5 Å². The molecule has 2 N–H and O–H groups in total. The summed E-state index contributed by atoms with van der Waals surface area (Å²) in [7, 11) is -2.58. The molecule has 21 heavy (non-hydrogen) atoms. The summed E-state index contributed by atoms with van der Waals surface area (Å²) < 4.78 is 45.3. The van der Waals surface area contributed by atoms with Crippen molar-refractivity contribution in [3.63, 3.8) is 0 Å². The first-order valence-electron chi connectivity index (χ1n) is 6.28. The zero-order valence-electron chi connectivity index (χ0n) is 12.1. The topological polar surface area (TPSA) is 76.5 Å². The Morgan fingerprint density at radius 3 is 2.57 bits per heavy atom. The first-order chi connectivity index (χ1) is 9.73. The van der Waals surface area contributed by atoms with Crippen LogP contribution in [0.3, 0.4) is 0 Å². The maximum absolute atomic E-state index is 14.1. The number of nitrogens with zero attached hydrogens (tertiary/aromatic N) is 1. The number of hydrogen-bond acceptors (Lipinski definition) is 4. The van der Waals surface area contributed by atoms with E-state index in [1.165, 1.54) is 26.3 Å². The Kier molecular flexibility index (Phi) is 4.06. The number of nitrogens with two attached hydrogens (primary N) is 1. The fourth-order valence-corrected chi connectivity index (χ4v) is 3.34. The first-order valence-corrected chi connectivity index (χ1v) is 7.72. The number of furan rings is 1. The Morgan fingerprint density at radius 1 is 1.33 bits per heavy atom. The third kappa shape index (κ3) is 2.93. The lowest BCUT2D eigenvalue weighted by Crippen LogP contribution is -2.27. The molecule has 0 bridgehead atoms. The zero-order chi connectivity index (χ0) is 15.8. The Morgan fingerprint density at radius 2 is 2.00 bits per heavy atom. The standard InChI is InChI=1S/C14H17FN2O3S/c1-9-6-12(16)7-13(14(9)15)21(18,19)17(3)8-11-4-5-20-10(11)2/h4-7H,8,16H2,1-3H3. The van der Waals surface area contributed by atoms with E-state index in [1.54, 1.807) is 13.0 Å². The van der Waals surface area contributed by atoms with Crippen molar-refractivity contribution in [1.82, 2.24) is 4.31 Å². The van der Waals surface area contributed by atoms with Gasteiger partial charge in [-0.25, -0.2) is 12.8 Å². The van der Waals surface area contributed by atoms with Gasteiger partial charge in [-0.1, -0.05) is 0 Å². The summed E-state index contributed by atoms with van der Waals surface area (Å²) in [6, 6.07) is 4.22. The SMILES string of the molecule is Cc1cc(N)cc(S(=O)(=O)N(C)Cc2ccoc2C)c1F. The lowest BCUT2D eigenvalue weighted by Gasteiger charge is -2.18. The molecule has 0 spiro atoms. The number of aryl methyl sites for hydroxylation is 2. The van der Waals surface area contributed by atoms with Crippen molar-refractivity contribution >= 4 is 15.7 Å². The summed E-state index contributed by atoms with van der Waals surface area (Å²) in [5.41, 5.74) is 6.75. The van der Waals surface area contributed by atoms with E-state index in [0.29, 0.717) is 5.76 Å². The van der Waals surface area contributed by atoms with Crippen LogP contribution in [0.4, 0.5) is 10.1 Å². The molecule has 0 aliphatic heterocycles. The average molecular weight is 312 g/mol. The molecular weight excluding hydrogens is 295 g/mol. The summed E-state index contributed by atoms with van der Waals surface area (Å²) >= 11 is 0. The van der Waals surface area contributed by atoms with Gasteiger partial charge in [-0.05, 0) is 37.6 Å². The normalized spacial score (nSPS) is 12.0. The Balaban J connectivity index is 2.40. The van der Waals surface area contributed by atoms with Crippen LogP contribution in [0.5, 0.6) is 0 Å². The number of halogens is 1. The maximum atomic E-state index is 14.1. The lowest BCUT2D eigenvalue weighted by molar-refractivity contribution is 0.453. The van der Waals surface area contributed by atoms with E-state index >= 15 is 0 Å². The molecule has 0 amide bonds. The average Bonchev–Trinajstić information content (AvgIpc) is 2.79. The van der Waals surface area contributed by atoms with Crippen molar-refractivity contribution in [3.8, 4) is 0 Å². The van der Waals surface area contributed by atoms with Crippen LogP contribution in [0.15, 0.2) is 33.8 Å². The summed E-state index contributed by atoms with van der Waals surface area (Å²) in [4.78, 5) is -0.413. The molecule has 114 valence electrons. The second-order valence-corrected chi connectivity index (χ2v) is 6.93. The summed E-state index contributed by atoms with van der Waals surface area (Å²) in [5.74, 6) is -0.152. The van der Waals surface area contributed by atoms with E-state index in [0.717, 1.165) is 15.9 Å². The summed E-state index contributed by atoms with van der Waals surface area (Å²) in [5, 5.41) is 0. The van der Waals surface area contributed by atoms with Crippen LogP contribution in [0.25, 0.3) is 0 Å². The predicted molar refractivity (Wildman–Crippen MR) is 77.6 cm³/mol. The molecule has 0 radical (unpaired) electrons. The number of anilines is 1. The molecule has 2 rings (SSSR count). The highest BCUT2D eigenvalue weighted by Gasteiger charge is 2.26. The van der Waals surface area contributed by atoms with E-state index in [2.05, 4.69) is 0 Å². The van der Waals surface area contributed by atoms with Gasteiger partial charge in [0.2, 0.25) is 10.0 Å². The first kappa shape index (κ1) is 15.5. The van der Waals surface area contributed by atoms with Crippen LogP contribution in [0.1, 0.15) is 16.9 Å². The van der Waals surface area contributed by atoms with Crippen molar-refractivity contribution in [2.75, 3.05) is 12.8 Å². The molecule has 0 aliphatic rings. The lowest BCUT2D eigenvalue weighted by atomic mass is 10.2. The summed E-state index contributed by atoms with van der Waals surface area (Å²) in [6.45, 7) is 3.31. The van der Waals surface area contributed by atoms with Gasteiger partial charge in [0.25, 0.3) is 0 Å². The molecule has 0 aliphatic carbocycles. The number of nitrogen functional groups attached to an aromatic ring is 1. The largest absolute Gasteiger partial charge is 0.469 e. The van der Waals surface area contributed by atoms with E-state index in [1.807, 2.05) is 0 Å². The fourth-order valence-electron chi connectivity index (χ4n) is 2.02. The maximum Gasteiger partial charge on any atom is 0.246 e. The molecule has 7 heteroatoms. The number of rotatable bonds is 4. The minimum absolute atomic E-state index is 0.0952. The smallest absolute Gasteiger partial charge is 0.246 e. The quantitative estimate of drug-likeness (QED) is 0.880. The van der Waals surface area contributed by atoms with Crippen molar-refractivity contribution in [3.05, 3.63) is 47.2 Å². The molecule has 0 saturated heterocycles. The zero-order valence-corrected chi connectivity index (χ0v) is 12.9. The minimum Gasteiger partial charge on any atom is -0.469 e. The molecule has 2 aromatic rings. The Labute approximate surface area is 123 Å². The molecule has 0 atom stereocenters. The highest BCUT2D eigenvalue weighted by atomic mass is 32.2. The third-order valence-electron chi connectivity index (χ3n) is 3.29. The van der Waals surface area contributed by atoms with Gasteiger partial charge in [0.15, 0.2) is 0 Å². The minimum atomic E-state index is -3.97. The Bertz CT molecular complexity index is 769. The molecule has 1 aromatic heterocycles. The van der Waals surface area contributed by atoms with Crippen molar-refractivity contribution in [2.45, 2.75) is 25.3 Å². The third-order valence-corrected chi connectivity index (χ3v) is 5.09. The molecule has 5 nitrogen and oxygen atoms in total. The van der Waals surface area contributed by atoms with Crippen LogP contribution in [-0.4, -0.2) is 19.8 Å². The van der Waals surface area contributed by atoms with E-state index in [4.69, 9.17) is 10.2 Å². The van der Waals surface area contributed by atoms with Gasteiger partial charge in [-0.15, -0.1) is 0 Å². The van der Waals surface area contributed by atoms with E-state index in [-0.39, 0.29) is 17.8 Å². The van der Waals surface area contributed by atoms with Crippen LogP contribution in [-0.2, 0) is 16.6 Å². The molecular formula is C14H17FN2O3S. The predicted octanol–water partition coefficient (Wildman–Crippen LogP) is 2.44. The van der Waals surface area contributed by atoms with Crippen molar-refractivity contribution in [2.24, 2.45) is 0 Å². The van der Waals surface area contributed by atoms with Gasteiger partial charge >= 0.3 is 0 Å². The fraction of sp³-hybridized carbons (Fsp3) is 0.286. The molecule has 1 heterocycles. The number of hydrogen-bond donors (Lipinski definition) is 1. The van der Waals surface area contributed by atoms with Gasteiger partial charge < -0.3 is 10.2 Å². The van der Waals surface area contributed by atoms with Gasteiger partial charge in [-0.2, -0.15) is 4.31 Å². The van der Waals surface area contributed by atoms with Crippen molar-refractivity contribution in [1.29, 1.82) is 0 Å². The van der Waals surface area contributed by atoms with Gasteiger partial charge in [-0.3, -0.25) is 0 Å². The van der Waals surface area contributed by atoms with Gasteiger partial charge in [0.05, 0.1) is 6.26 Å². The summed E-state index contributed by atoms with van der Waals surface area (Å²) in [6.07, 6.45) is 1.48. The second kappa shape index (κ2) is 5.50. The van der Waals surface area contributed by atoms with E-state index in [9.17, 15) is 12.8 Å². The molecule has 0 saturated carbocycles. The van der Waals surface area contributed by atoms with Gasteiger partial charge in [0, 0.05) is 24.8 Å². The van der Waals surface area contributed by atoms with E-state index < -0.39 is 20.7 Å². The van der Waals surface area contributed by atoms with Crippen LogP contribution in [0, 0.1) is 19.7 Å². The monoisotopic (exact) mass is 312 g/mol. The van der Waals surface area contributed by atoms with Crippen LogP contribution < -0.4 is 5.73 Å². The van der Waals surface area contributed by atoms with Crippen LogP contribution >= 0.6 is 0 Å². The highest BCUT2D eigenvalue weighted by Crippen LogP contribution is 2.25.